The van der Waals surface area contributed by atoms with Crippen LogP contribution in [0.1, 0.15) is 19.3 Å². The lowest BCUT2D eigenvalue weighted by molar-refractivity contribution is 0.0937. The quantitative estimate of drug-likeness (QED) is 0.445. The lowest BCUT2D eigenvalue weighted by atomic mass is 9.89. The molecule has 2 rings (SSSR count). The van der Waals surface area contributed by atoms with Gasteiger partial charge in [0.2, 0.25) is 0 Å². The zero-order valence-electron chi connectivity index (χ0n) is 7.07. The summed E-state index contributed by atoms with van der Waals surface area (Å²) in [6.07, 6.45) is 4.48. The maximum atomic E-state index is 5.67. The number of hydrogen-bond donors (Lipinski definition) is 2. The fraction of sp³-hybridized carbons (Fsp3) is 0.875. The van der Waals surface area contributed by atoms with Crippen molar-refractivity contribution in [2.45, 2.75) is 31.5 Å². The number of aliphatic imine (C=N–C) groups is 1. The Morgan fingerprint density at radius 3 is 2.75 bits per heavy atom. The van der Waals surface area contributed by atoms with Gasteiger partial charge in [-0.05, 0) is 19.3 Å². The molecule has 0 aromatic carbocycles. The number of hydrogen-bond acceptors (Lipinski definition) is 2. The molecule has 0 amide bonds. The molecule has 12 heavy (non-hydrogen) atoms. The van der Waals surface area contributed by atoms with E-state index in [1.54, 1.807) is 0 Å². The number of nitrogens with two attached hydrogens (primary N) is 2. The second-order valence-corrected chi connectivity index (χ2v) is 3.64. The third-order valence-electron chi connectivity index (χ3n) is 2.74. The first kappa shape index (κ1) is 7.86. The second kappa shape index (κ2) is 2.94. The molecular weight excluding hydrogens is 154 g/mol. The van der Waals surface area contributed by atoms with Gasteiger partial charge in [-0.3, -0.25) is 4.99 Å². The molecule has 4 heteroatoms. The zero-order chi connectivity index (χ0) is 8.55. The average molecular weight is 169 g/mol. The van der Waals surface area contributed by atoms with Crippen LogP contribution in [0, 0.1) is 5.92 Å². The summed E-state index contributed by atoms with van der Waals surface area (Å²) in [5, 5.41) is 0. The summed E-state index contributed by atoms with van der Waals surface area (Å²) in [4.78, 5) is 4.02. The maximum Gasteiger partial charge on any atom is 0.185 e. The van der Waals surface area contributed by atoms with Crippen molar-refractivity contribution >= 4 is 5.96 Å². The SMILES string of the molecule is NC(N)=NC[C@H]1C[C@H]2CC[C@@H]1O2. The predicted molar refractivity (Wildman–Crippen MR) is 46.7 cm³/mol. The van der Waals surface area contributed by atoms with Crippen molar-refractivity contribution < 1.29 is 4.74 Å². The average Bonchev–Trinajstić information content (AvgIpc) is 2.60. The third kappa shape index (κ3) is 1.39. The van der Waals surface area contributed by atoms with E-state index in [-0.39, 0.29) is 5.96 Å². The van der Waals surface area contributed by atoms with E-state index in [2.05, 4.69) is 4.99 Å². The van der Waals surface area contributed by atoms with Crippen molar-refractivity contribution in [1.82, 2.24) is 0 Å². The summed E-state index contributed by atoms with van der Waals surface area (Å²) >= 11 is 0. The Labute approximate surface area is 72.0 Å². The Kier molecular flexibility index (Phi) is 1.92. The summed E-state index contributed by atoms with van der Waals surface area (Å²) in [5.74, 6) is 0.753. The van der Waals surface area contributed by atoms with Crippen LogP contribution in [0.5, 0.6) is 0 Å². The number of ether oxygens (including phenoxy) is 1. The Morgan fingerprint density at radius 1 is 1.42 bits per heavy atom. The maximum absolute atomic E-state index is 5.67. The topological polar surface area (TPSA) is 73.6 Å². The minimum absolute atomic E-state index is 0.192. The summed E-state index contributed by atoms with van der Waals surface area (Å²) in [5.41, 5.74) is 10.5. The highest BCUT2D eigenvalue weighted by Gasteiger charge is 2.40. The van der Waals surface area contributed by atoms with Gasteiger partial charge < -0.3 is 16.2 Å². The fourth-order valence-corrected chi connectivity index (χ4v) is 2.16. The molecule has 4 nitrogen and oxygen atoms in total. The summed E-state index contributed by atoms with van der Waals surface area (Å²) in [6, 6.07) is 0. The van der Waals surface area contributed by atoms with E-state index in [1.165, 1.54) is 12.8 Å². The molecule has 2 saturated heterocycles. The summed E-state index contributed by atoms with van der Waals surface area (Å²) < 4.78 is 5.67. The largest absolute Gasteiger partial charge is 0.375 e. The molecule has 4 N–H and O–H groups in total. The minimum Gasteiger partial charge on any atom is -0.375 e. The van der Waals surface area contributed by atoms with Crippen LogP contribution in [0.4, 0.5) is 0 Å². The van der Waals surface area contributed by atoms with Crippen LogP contribution in [-0.2, 0) is 4.74 Å². The standard InChI is InChI=1S/C8H15N3O/c9-8(10)11-4-5-3-6-1-2-7(5)12-6/h5-7H,1-4H2,(H4,9,10,11)/t5-,6-,7+/m1/s1. The molecule has 2 aliphatic rings. The molecular formula is C8H15N3O. The molecule has 2 bridgehead atoms. The van der Waals surface area contributed by atoms with Crippen molar-refractivity contribution in [2.75, 3.05) is 6.54 Å². The van der Waals surface area contributed by atoms with Crippen LogP contribution in [-0.4, -0.2) is 24.7 Å². The Morgan fingerprint density at radius 2 is 2.25 bits per heavy atom. The monoisotopic (exact) mass is 169 g/mol. The van der Waals surface area contributed by atoms with E-state index in [9.17, 15) is 0 Å². The smallest absolute Gasteiger partial charge is 0.185 e. The normalized spacial score (nSPS) is 38.5. The molecule has 3 atom stereocenters. The Balaban J connectivity index is 1.87. The van der Waals surface area contributed by atoms with Crippen LogP contribution >= 0.6 is 0 Å². The van der Waals surface area contributed by atoms with E-state index in [0.717, 1.165) is 13.0 Å². The van der Waals surface area contributed by atoms with Crippen molar-refractivity contribution in [3.05, 3.63) is 0 Å². The van der Waals surface area contributed by atoms with Gasteiger partial charge in [0.05, 0.1) is 12.2 Å². The van der Waals surface area contributed by atoms with Crippen LogP contribution in [0.3, 0.4) is 0 Å². The molecule has 2 aliphatic heterocycles. The van der Waals surface area contributed by atoms with Crippen LogP contribution in [0.15, 0.2) is 4.99 Å². The predicted octanol–water partition coefficient (Wildman–Crippen LogP) is -0.173. The zero-order valence-corrected chi connectivity index (χ0v) is 7.07. The van der Waals surface area contributed by atoms with Gasteiger partial charge in [-0.2, -0.15) is 0 Å². The van der Waals surface area contributed by atoms with E-state index in [1.807, 2.05) is 0 Å². The van der Waals surface area contributed by atoms with Gasteiger partial charge in [0.25, 0.3) is 0 Å². The van der Waals surface area contributed by atoms with E-state index in [0.29, 0.717) is 18.1 Å². The molecule has 0 spiro atoms. The van der Waals surface area contributed by atoms with Gasteiger partial charge >= 0.3 is 0 Å². The van der Waals surface area contributed by atoms with Gasteiger partial charge in [0.15, 0.2) is 5.96 Å². The Hall–Kier alpha value is -0.770. The summed E-state index contributed by atoms with van der Waals surface area (Å²) in [6.45, 7) is 0.740. The van der Waals surface area contributed by atoms with Gasteiger partial charge in [0.1, 0.15) is 0 Å². The van der Waals surface area contributed by atoms with E-state index < -0.39 is 0 Å². The lowest BCUT2D eigenvalue weighted by Gasteiger charge is -2.15. The second-order valence-electron chi connectivity index (χ2n) is 3.64. The number of fused-ring (bicyclic) bond motifs is 2. The van der Waals surface area contributed by atoms with Gasteiger partial charge in [-0.15, -0.1) is 0 Å². The minimum atomic E-state index is 0.192. The lowest BCUT2D eigenvalue weighted by Crippen LogP contribution is -2.26. The highest BCUT2D eigenvalue weighted by molar-refractivity contribution is 5.75. The summed E-state index contributed by atoms with van der Waals surface area (Å²) in [7, 11) is 0. The van der Waals surface area contributed by atoms with Crippen LogP contribution in [0.25, 0.3) is 0 Å². The molecule has 0 radical (unpaired) electrons. The molecule has 0 saturated carbocycles. The first-order valence-corrected chi connectivity index (χ1v) is 4.46. The van der Waals surface area contributed by atoms with Gasteiger partial charge in [0, 0.05) is 12.5 Å². The molecule has 0 aliphatic carbocycles. The first-order chi connectivity index (χ1) is 5.75. The highest BCUT2D eigenvalue weighted by atomic mass is 16.5. The van der Waals surface area contributed by atoms with E-state index in [4.69, 9.17) is 16.2 Å². The van der Waals surface area contributed by atoms with E-state index >= 15 is 0 Å². The number of nitrogens with zero attached hydrogens (tertiary/aromatic N) is 1. The third-order valence-corrected chi connectivity index (χ3v) is 2.74. The van der Waals surface area contributed by atoms with Crippen molar-refractivity contribution in [3.63, 3.8) is 0 Å². The number of guanidine groups is 1. The molecule has 2 fully saturated rings. The molecule has 68 valence electrons. The molecule has 0 aromatic heterocycles. The van der Waals surface area contributed by atoms with Crippen LogP contribution in [0.2, 0.25) is 0 Å². The molecule has 2 heterocycles. The molecule has 0 aromatic rings. The molecule has 0 unspecified atom stereocenters. The van der Waals surface area contributed by atoms with Crippen LogP contribution < -0.4 is 11.5 Å². The fourth-order valence-electron chi connectivity index (χ4n) is 2.16. The highest BCUT2D eigenvalue weighted by Crippen LogP contribution is 2.38. The van der Waals surface area contributed by atoms with Crippen molar-refractivity contribution in [2.24, 2.45) is 22.4 Å². The van der Waals surface area contributed by atoms with Gasteiger partial charge in [-0.1, -0.05) is 0 Å². The van der Waals surface area contributed by atoms with Crippen molar-refractivity contribution in [3.8, 4) is 0 Å². The van der Waals surface area contributed by atoms with Gasteiger partial charge in [-0.25, -0.2) is 0 Å². The first-order valence-electron chi connectivity index (χ1n) is 4.46. The Bertz CT molecular complexity index is 200. The number of rotatable bonds is 2. The van der Waals surface area contributed by atoms with Crippen molar-refractivity contribution in [1.29, 1.82) is 0 Å².